The van der Waals surface area contributed by atoms with Gasteiger partial charge in [-0.2, -0.15) is 0 Å². The van der Waals surface area contributed by atoms with Crippen LogP contribution in [0.5, 0.6) is 0 Å². The molecule has 7 heteroatoms. The van der Waals surface area contributed by atoms with Crippen LogP contribution >= 0.6 is 35.0 Å². The van der Waals surface area contributed by atoms with Gasteiger partial charge in [0.2, 0.25) is 11.8 Å². The van der Waals surface area contributed by atoms with Crippen molar-refractivity contribution in [1.29, 1.82) is 0 Å². The first-order valence-corrected chi connectivity index (χ1v) is 12.8. The van der Waals surface area contributed by atoms with Crippen LogP contribution in [0.1, 0.15) is 43.9 Å². The molecule has 2 amide bonds. The Morgan fingerprint density at radius 2 is 1.81 bits per heavy atom. The third kappa shape index (κ3) is 8.02. The molecule has 0 saturated heterocycles. The third-order valence-electron chi connectivity index (χ3n) is 5.15. The highest BCUT2D eigenvalue weighted by molar-refractivity contribution is 7.99. The molecule has 0 fully saturated rings. The van der Waals surface area contributed by atoms with Crippen LogP contribution in [0, 0.1) is 12.8 Å². The van der Waals surface area contributed by atoms with Gasteiger partial charge in [-0.25, -0.2) is 0 Å². The average Bonchev–Trinajstić information content (AvgIpc) is 2.75. The SMILES string of the molecule is CCC(C(=O)NCC(C)C)N(Cc1ccc(Cl)c(Cl)c1)C(=O)CSCc1ccccc1C. The van der Waals surface area contributed by atoms with E-state index in [9.17, 15) is 9.59 Å². The second-order valence-corrected chi connectivity index (χ2v) is 10.1. The van der Waals surface area contributed by atoms with Gasteiger partial charge in [0.1, 0.15) is 6.04 Å². The first-order chi connectivity index (χ1) is 15.2. The summed E-state index contributed by atoms with van der Waals surface area (Å²) < 4.78 is 0. The van der Waals surface area contributed by atoms with Crippen molar-refractivity contribution in [1.82, 2.24) is 10.2 Å². The highest BCUT2D eigenvalue weighted by Crippen LogP contribution is 2.25. The van der Waals surface area contributed by atoms with E-state index in [1.807, 2.05) is 39.0 Å². The lowest BCUT2D eigenvalue weighted by atomic mass is 10.1. The molecule has 0 aliphatic heterocycles. The standard InChI is InChI=1S/C25H32Cl2N2O2S/c1-5-23(25(31)28-13-17(2)3)29(14-19-10-11-21(26)22(27)12-19)24(30)16-32-15-20-9-7-6-8-18(20)4/h6-12,17,23H,5,13-16H2,1-4H3,(H,28,31). The second-order valence-electron chi connectivity index (χ2n) is 8.25. The molecule has 1 unspecified atom stereocenters. The van der Waals surface area contributed by atoms with Crippen molar-refractivity contribution in [3.63, 3.8) is 0 Å². The van der Waals surface area contributed by atoms with Crippen molar-refractivity contribution in [3.05, 3.63) is 69.2 Å². The van der Waals surface area contributed by atoms with Gasteiger partial charge in [-0.1, -0.05) is 74.3 Å². The van der Waals surface area contributed by atoms with Crippen LogP contribution in [-0.4, -0.2) is 35.1 Å². The molecule has 4 nitrogen and oxygen atoms in total. The van der Waals surface area contributed by atoms with Crippen LogP contribution in [0.3, 0.4) is 0 Å². The van der Waals surface area contributed by atoms with E-state index in [0.717, 1.165) is 11.3 Å². The highest BCUT2D eigenvalue weighted by Gasteiger charge is 2.28. The zero-order valence-electron chi connectivity index (χ0n) is 19.2. The summed E-state index contributed by atoms with van der Waals surface area (Å²) in [7, 11) is 0. The molecular formula is C25H32Cl2N2O2S. The largest absolute Gasteiger partial charge is 0.354 e. The zero-order chi connectivity index (χ0) is 23.7. The number of hydrogen-bond acceptors (Lipinski definition) is 3. The van der Waals surface area contributed by atoms with Gasteiger partial charge in [-0.3, -0.25) is 9.59 Å². The Kier molecular flexibility index (Phi) is 10.9. The quantitative estimate of drug-likeness (QED) is 0.409. The molecule has 0 aromatic heterocycles. The number of rotatable bonds is 11. The molecule has 2 aromatic carbocycles. The lowest BCUT2D eigenvalue weighted by Gasteiger charge is -2.31. The highest BCUT2D eigenvalue weighted by atomic mass is 35.5. The van der Waals surface area contributed by atoms with Crippen molar-refractivity contribution in [2.24, 2.45) is 5.92 Å². The monoisotopic (exact) mass is 494 g/mol. The van der Waals surface area contributed by atoms with E-state index in [4.69, 9.17) is 23.2 Å². The maximum Gasteiger partial charge on any atom is 0.242 e. The Bertz CT molecular complexity index is 921. The van der Waals surface area contributed by atoms with Gasteiger partial charge in [-0.15, -0.1) is 11.8 Å². The minimum Gasteiger partial charge on any atom is -0.354 e. The summed E-state index contributed by atoms with van der Waals surface area (Å²) in [5, 5.41) is 3.87. The number of thioether (sulfide) groups is 1. The number of nitrogens with zero attached hydrogens (tertiary/aromatic N) is 1. The summed E-state index contributed by atoms with van der Waals surface area (Å²) in [5.74, 6) is 1.18. The van der Waals surface area contributed by atoms with E-state index in [1.54, 1.807) is 28.8 Å². The van der Waals surface area contributed by atoms with Crippen molar-refractivity contribution < 1.29 is 9.59 Å². The van der Waals surface area contributed by atoms with Crippen molar-refractivity contribution in [2.75, 3.05) is 12.3 Å². The summed E-state index contributed by atoms with van der Waals surface area (Å²) in [5.41, 5.74) is 3.26. The van der Waals surface area contributed by atoms with E-state index in [-0.39, 0.29) is 11.8 Å². The summed E-state index contributed by atoms with van der Waals surface area (Å²) in [6.07, 6.45) is 0.527. The van der Waals surface area contributed by atoms with E-state index >= 15 is 0 Å². The van der Waals surface area contributed by atoms with Gasteiger partial charge < -0.3 is 10.2 Å². The fourth-order valence-corrected chi connectivity index (χ4v) is 4.59. The number of amides is 2. The van der Waals surface area contributed by atoms with Crippen LogP contribution in [-0.2, 0) is 21.9 Å². The lowest BCUT2D eigenvalue weighted by Crippen LogP contribution is -2.50. The number of hydrogen-bond donors (Lipinski definition) is 1. The summed E-state index contributed by atoms with van der Waals surface area (Å²) in [6.45, 7) is 8.96. The summed E-state index contributed by atoms with van der Waals surface area (Å²) in [6, 6.07) is 12.9. The van der Waals surface area contributed by atoms with Gasteiger partial charge in [0.05, 0.1) is 15.8 Å². The number of halogens is 2. The van der Waals surface area contributed by atoms with E-state index in [2.05, 4.69) is 24.4 Å². The van der Waals surface area contributed by atoms with Gasteiger partial charge in [0.15, 0.2) is 0 Å². The fraction of sp³-hybridized carbons (Fsp3) is 0.440. The first kappa shape index (κ1) is 26.6. The molecule has 32 heavy (non-hydrogen) atoms. The number of nitrogens with one attached hydrogen (secondary N) is 1. The Balaban J connectivity index is 2.16. The Morgan fingerprint density at radius 1 is 1.09 bits per heavy atom. The van der Waals surface area contributed by atoms with Gasteiger partial charge in [0, 0.05) is 18.8 Å². The predicted molar refractivity (Wildman–Crippen MR) is 136 cm³/mol. The van der Waals surface area contributed by atoms with Crippen LogP contribution in [0.2, 0.25) is 10.0 Å². The van der Waals surface area contributed by atoms with Gasteiger partial charge in [0.25, 0.3) is 0 Å². The summed E-state index contributed by atoms with van der Waals surface area (Å²) in [4.78, 5) is 27.9. The maximum atomic E-state index is 13.3. The van der Waals surface area contributed by atoms with Crippen LogP contribution < -0.4 is 5.32 Å². The van der Waals surface area contributed by atoms with Crippen LogP contribution in [0.25, 0.3) is 0 Å². The minimum absolute atomic E-state index is 0.0683. The fourth-order valence-electron chi connectivity index (χ4n) is 3.28. The van der Waals surface area contributed by atoms with Crippen LogP contribution in [0.15, 0.2) is 42.5 Å². The molecular weight excluding hydrogens is 463 g/mol. The molecule has 0 aliphatic rings. The molecule has 2 rings (SSSR count). The lowest BCUT2D eigenvalue weighted by molar-refractivity contribution is -0.139. The van der Waals surface area contributed by atoms with Crippen molar-refractivity contribution >= 4 is 46.8 Å². The molecule has 1 atom stereocenters. The molecule has 0 aliphatic carbocycles. The molecule has 0 bridgehead atoms. The number of benzene rings is 2. The van der Waals surface area contributed by atoms with Crippen LogP contribution in [0.4, 0.5) is 0 Å². The molecule has 0 spiro atoms. The second kappa shape index (κ2) is 13.1. The summed E-state index contributed by atoms with van der Waals surface area (Å²) >= 11 is 13.8. The molecule has 0 radical (unpaired) electrons. The zero-order valence-corrected chi connectivity index (χ0v) is 21.5. The number of carbonyl (C=O) groups excluding carboxylic acids is 2. The number of aryl methyl sites for hydroxylation is 1. The molecule has 174 valence electrons. The predicted octanol–water partition coefficient (Wildman–Crippen LogP) is 6.11. The van der Waals surface area contributed by atoms with E-state index < -0.39 is 6.04 Å². The molecule has 1 N–H and O–H groups in total. The smallest absolute Gasteiger partial charge is 0.242 e. The Hall–Kier alpha value is -1.69. The Labute approximate surface area is 206 Å². The van der Waals surface area contributed by atoms with Crippen molar-refractivity contribution in [2.45, 2.75) is 52.5 Å². The normalized spacial score (nSPS) is 12.0. The first-order valence-electron chi connectivity index (χ1n) is 10.9. The van der Waals surface area contributed by atoms with Gasteiger partial charge >= 0.3 is 0 Å². The van der Waals surface area contributed by atoms with E-state index in [0.29, 0.717) is 41.2 Å². The molecule has 2 aromatic rings. The molecule has 0 heterocycles. The van der Waals surface area contributed by atoms with Gasteiger partial charge in [-0.05, 0) is 48.1 Å². The van der Waals surface area contributed by atoms with E-state index in [1.165, 1.54) is 11.1 Å². The third-order valence-corrected chi connectivity index (χ3v) is 6.86. The average molecular weight is 496 g/mol. The minimum atomic E-state index is -0.547. The number of carbonyl (C=O) groups is 2. The van der Waals surface area contributed by atoms with Crippen molar-refractivity contribution in [3.8, 4) is 0 Å². The topological polar surface area (TPSA) is 49.4 Å². The Morgan fingerprint density at radius 3 is 2.44 bits per heavy atom. The maximum absolute atomic E-state index is 13.3. The molecule has 0 saturated carbocycles.